The van der Waals surface area contributed by atoms with Gasteiger partial charge in [-0.15, -0.1) is 0 Å². The molecular formula is C13H12N4O4. The Balaban J connectivity index is 2.37. The van der Waals surface area contributed by atoms with Crippen molar-refractivity contribution in [2.75, 3.05) is 0 Å². The van der Waals surface area contributed by atoms with Crippen LogP contribution in [0.3, 0.4) is 0 Å². The zero-order valence-electron chi connectivity index (χ0n) is 11.1. The Morgan fingerprint density at radius 1 is 1.43 bits per heavy atom. The zero-order valence-corrected chi connectivity index (χ0v) is 11.1. The molecule has 0 atom stereocenters. The minimum absolute atomic E-state index is 0.0646. The van der Waals surface area contributed by atoms with Gasteiger partial charge >= 0.3 is 5.69 Å². The van der Waals surface area contributed by atoms with Crippen LogP contribution in [-0.4, -0.2) is 21.0 Å². The van der Waals surface area contributed by atoms with Crippen molar-refractivity contribution in [2.45, 2.75) is 6.92 Å². The van der Waals surface area contributed by atoms with E-state index < -0.39 is 4.92 Å². The Morgan fingerprint density at radius 3 is 2.86 bits per heavy atom. The third-order valence-electron chi connectivity index (χ3n) is 2.62. The molecule has 1 aromatic carbocycles. The number of nitro benzene ring substituents is 1. The topological polar surface area (TPSA) is 124 Å². The number of hydrogen-bond acceptors (Lipinski definition) is 6. The van der Waals surface area contributed by atoms with Crippen molar-refractivity contribution in [3.05, 3.63) is 57.8 Å². The first-order valence-electron chi connectivity index (χ1n) is 5.89. The summed E-state index contributed by atoms with van der Waals surface area (Å²) in [6.45, 7) is 1.74. The number of nitrogens with two attached hydrogens (primary N) is 1. The van der Waals surface area contributed by atoms with E-state index in [1.54, 1.807) is 19.1 Å². The molecule has 3 N–H and O–H groups in total. The molecule has 0 bridgehead atoms. The van der Waals surface area contributed by atoms with E-state index in [0.29, 0.717) is 0 Å². The molecule has 0 saturated heterocycles. The molecule has 0 spiro atoms. The van der Waals surface area contributed by atoms with Crippen LogP contribution in [0.15, 0.2) is 41.6 Å². The molecule has 0 unspecified atom stereocenters. The van der Waals surface area contributed by atoms with Crippen molar-refractivity contribution in [3.8, 4) is 11.6 Å². The Kier molecular flexibility index (Phi) is 3.98. The van der Waals surface area contributed by atoms with Gasteiger partial charge in [0, 0.05) is 12.1 Å². The number of rotatable bonds is 4. The third-order valence-corrected chi connectivity index (χ3v) is 2.62. The second-order valence-corrected chi connectivity index (χ2v) is 4.18. The van der Waals surface area contributed by atoms with E-state index in [0.717, 1.165) is 5.56 Å². The van der Waals surface area contributed by atoms with E-state index in [1.807, 2.05) is 0 Å². The standard InChI is InChI=1S/C13H12N4O4/c1-8-5-6-11(10(7-8)17(19)20)21-12-4-2-3-9(15-12)13(14)16-18/h2-7,18H,1H3,(H2,14,16). The normalized spacial score (nSPS) is 11.2. The molecule has 0 aliphatic carbocycles. The lowest BCUT2D eigenvalue weighted by Crippen LogP contribution is -2.14. The van der Waals surface area contributed by atoms with E-state index in [9.17, 15) is 10.1 Å². The van der Waals surface area contributed by atoms with E-state index in [4.69, 9.17) is 15.7 Å². The number of amidine groups is 1. The summed E-state index contributed by atoms with van der Waals surface area (Å²) in [6.07, 6.45) is 0. The van der Waals surface area contributed by atoms with Gasteiger partial charge in [-0.05, 0) is 24.6 Å². The Bertz CT molecular complexity index is 715. The predicted octanol–water partition coefficient (Wildman–Crippen LogP) is 2.19. The van der Waals surface area contributed by atoms with Crippen LogP contribution in [0.1, 0.15) is 11.3 Å². The van der Waals surface area contributed by atoms with Gasteiger partial charge in [0.2, 0.25) is 11.6 Å². The number of oxime groups is 1. The lowest BCUT2D eigenvalue weighted by Gasteiger charge is -2.07. The lowest BCUT2D eigenvalue weighted by atomic mass is 10.2. The average molecular weight is 288 g/mol. The van der Waals surface area contributed by atoms with E-state index in [2.05, 4.69) is 10.1 Å². The van der Waals surface area contributed by atoms with Gasteiger partial charge in [0.15, 0.2) is 5.84 Å². The fourth-order valence-electron chi connectivity index (χ4n) is 1.63. The SMILES string of the molecule is Cc1ccc(Oc2cccc(C(N)=NO)n2)c([N+](=O)[O-])c1. The monoisotopic (exact) mass is 288 g/mol. The van der Waals surface area contributed by atoms with Crippen LogP contribution in [0.4, 0.5) is 5.69 Å². The summed E-state index contributed by atoms with van der Waals surface area (Å²) in [6, 6.07) is 9.20. The summed E-state index contributed by atoms with van der Waals surface area (Å²) in [7, 11) is 0. The minimum Gasteiger partial charge on any atom is -0.432 e. The van der Waals surface area contributed by atoms with Crippen molar-refractivity contribution in [1.29, 1.82) is 0 Å². The molecular weight excluding hydrogens is 276 g/mol. The Morgan fingerprint density at radius 2 is 2.19 bits per heavy atom. The number of nitro groups is 1. The molecule has 1 aromatic heterocycles. The molecule has 1 heterocycles. The first-order chi connectivity index (χ1) is 10.0. The van der Waals surface area contributed by atoms with E-state index in [-0.39, 0.29) is 28.8 Å². The van der Waals surface area contributed by atoms with Gasteiger partial charge < -0.3 is 15.7 Å². The van der Waals surface area contributed by atoms with Crippen molar-refractivity contribution in [1.82, 2.24) is 4.98 Å². The molecule has 0 fully saturated rings. The third kappa shape index (κ3) is 3.24. The molecule has 21 heavy (non-hydrogen) atoms. The highest BCUT2D eigenvalue weighted by Crippen LogP contribution is 2.31. The van der Waals surface area contributed by atoms with Gasteiger partial charge in [-0.3, -0.25) is 10.1 Å². The van der Waals surface area contributed by atoms with Crippen molar-refractivity contribution >= 4 is 11.5 Å². The largest absolute Gasteiger partial charge is 0.432 e. The summed E-state index contributed by atoms with van der Waals surface area (Å²) in [5.74, 6) is -0.0142. The number of nitrogens with zero attached hydrogens (tertiary/aromatic N) is 3. The summed E-state index contributed by atoms with van der Waals surface area (Å²) in [4.78, 5) is 14.5. The van der Waals surface area contributed by atoms with Crippen LogP contribution in [0, 0.1) is 17.0 Å². The molecule has 0 saturated carbocycles. The van der Waals surface area contributed by atoms with Gasteiger partial charge in [0.25, 0.3) is 0 Å². The maximum atomic E-state index is 11.0. The highest BCUT2D eigenvalue weighted by Gasteiger charge is 2.16. The van der Waals surface area contributed by atoms with Crippen LogP contribution >= 0.6 is 0 Å². The van der Waals surface area contributed by atoms with Gasteiger partial charge in [-0.2, -0.15) is 0 Å². The summed E-state index contributed by atoms with van der Waals surface area (Å²) >= 11 is 0. The molecule has 2 rings (SSSR count). The molecule has 0 radical (unpaired) electrons. The van der Waals surface area contributed by atoms with Crippen LogP contribution in [0.25, 0.3) is 0 Å². The average Bonchev–Trinajstić information content (AvgIpc) is 2.48. The van der Waals surface area contributed by atoms with Crippen molar-refractivity contribution in [3.63, 3.8) is 0 Å². The number of hydrogen-bond donors (Lipinski definition) is 2. The van der Waals surface area contributed by atoms with Crippen LogP contribution in [0.2, 0.25) is 0 Å². The Hall–Kier alpha value is -3.16. The molecule has 8 nitrogen and oxygen atoms in total. The second kappa shape index (κ2) is 5.87. The zero-order chi connectivity index (χ0) is 15.4. The summed E-state index contributed by atoms with van der Waals surface area (Å²) < 4.78 is 5.42. The molecule has 0 amide bonds. The van der Waals surface area contributed by atoms with Gasteiger partial charge in [-0.25, -0.2) is 4.98 Å². The number of aromatic nitrogens is 1. The predicted molar refractivity (Wildman–Crippen MR) is 74.7 cm³/mol. The molecule has 0 aliphatic rings. The molecule has 0 aliphatic heterocycles. The molecule has 2 aromatic rings. The smallest absolute Gasteiger partial charge is 0.311 e. The lowest BCUT2D eigenvalue weighted by molar-refractivity contribution is -0.385. The number of ether oxygens (including phenoxy) is 1. The van der Waals surface area contributed by atoms with Crippen LogP contribution in [-0.2, 0) is 0 Å². The van der Waals surface area contributed by atoms with Gasteiger partial charge in [0.1, 0.15) is 5.69 Å². The number of benzene rings is 1. The highest BCUT2D eigenvalue weighted by molar-refractivity contribution is 5.95. The quantitative estimate of drug-likeness (QED) is 0.292. The fraction of sp³-hybridized carbons (Fsp3) is 0.0769. The maximum Gasteiger partial charge on any atom is 0.311 e. The number of pyridine rings is 1. The Labute approximate surface area is 119 Å². The molecule has 8 heteroatoms. The maximum absolute atomic E-state index is 11.0. The molecule has 108 valence electrons. The van der Waals surface area contributed by atoms with Gasteiger partial charge in [-0.1, -0.05) is 17.3 Å². The van der Waals surface area contributed by atoms with E-state index >= 15 is 0 Å². The summed E-state index contributed by atoms with van der Waals surface area (Å²) in [5, 5.41) is 22.5. The summed E-state index contributed by atoms with van der Waals surface area (Å²) in [5.41, 5.74) is 6.21. The van der Waals surface area contributed by atoms with Crippen molar-refractivity contribution < 1.29 is 14.9 Å². The number of aryl methyl sites for hydroxylation is 1. The second-order valence-electron chi connectivity index (χ2n) is 4.18. The van der Waals surface area contributed by atoms with Gasteiger partial charge in [0.05, 0.1) is 4.92 Å². The minimum atomic E-state index is -0.532. The van der Waals surface area contributed by atoms with Crippen molar-refractivity contribution in [2.24, 2.45) is 10.9 Å². The first-order valence-corrected chi connectivity index (χ1v) is 5.89. The highest BCUT2D eigenvalue weighted by atomic mass is 16.6. The first kappa shape index (κ1) is 14.3. The van der Waals surface area contributed by atoms with Crippen LogP contribution in [0.5, 0.6) is 11.6 Å². The fourth-order valence-corrected chi connectivity index (χ4v) is 1.63. The van der Waals surface area contributed by atoms with Crippen LogP contribution < -0.4 is 10.5 Å². The van der Waals surface area contributed by atoms with E-state index in [1.165, 1.54) is 24.3 Å².